The van der Waals surface area contributed by atoms with Crippen molar-refractivity contribution in [3.8, 4) is 5.69 Å². The van der Waals surface area contributed by atoms with E-state index in [2.05, 4.69) is 34.8 Å². The molecular formula is C19H24BrFN2O2. The Labute approximate surface area is 156 Å². The number of aromatic nitrogens is 2. The number of aliphatic hydroxyl groups is 1. The summed E-state index contributed by atoms with van der Waals surface area (Å²) < 4.78 is 15.1. The zero-order valence-electron chi connectivity index (χ0n) is 14.6. The van der Waals surface area contributed by atoms with E-state index >= 15 is 0 Å². The zero-order valence-corrected chi connectivity index (χ0v) is 16.2. The normalized spacial score (nSPS) is 12.6. The van der Waals surface area contributed by atoms with E-state index in [1.807, 2.05) is 4.57 Å². The second kappa shape index (κ2) is 9.25. The Morgan fingerprint density at radius 1 is 1.28 bits per heavy atom. The van der Waals surface area contributed by atoms with E-state index in [1.165, 1.54) is 12.1 Å². The number of Topliss-reactive ketones (excluding diaryl/α,β-unsaturated/α-hetero) is 1. The molecule has 0 amide bonds. The fourth-order valence-electron chi connectivity index (χ4n) is 2.82. The van der Waals surface area contributed by atoms with Crippen LogP contribution in [0.1, 0.15) is 50.4 Å². The lowest BCUT2D eigenvalue weighted by atomic mass is 10.0. The summed E-state index contributed by atoms with van der Waals surface area (Å²) >= 11 is 3.44. The smallest absolute Gasteiger partial charge is 0.152 e. The van der Waals surface area contributed by atoms with E-state index in [1.54, 1.807) is 18.5 Å². The molecule has 4 nitrogen and oxygen atoms in total. The Hall–Kier alpha value is -1.53. The molecule has 1 heterocycles. The number of unbranched alkanes of at least 4 members (excludes halogenated alkanes) is 1. The number of benzene rings is 1. The Balaban J connectivity index is 2.18. The largest absolute Gasteiger partial charge is 0.396 e. The maximum absolute atomic E-state index is 13.2. The minimum atomic E-state index is -0.282. The fourth-order valence-corrected chi connectivity index (χ4v) is 3.31. The molecule has 1 unspecified atom stereocenters. The van der Waals surface area contributed by atoms with Gasteiger partial charge in [-0.1, -0.05) is 29.8 Å². The van der Waals surface area contributed by atoms with Crippen LogP contribution in [0, 0.1) is 5.82 Å². The molecule has 1 atom stereocenters. The minimum absolute atomic E-state index is 0.0872. The zero-order chi connectivity index (χ0) is 18.4. The van der Waals surface area contributed by atoms with Crippen LogP contribution in [0.25, 0.3) is 5.69 Å². The summed E-state index contributed by atoms with van der Waals surface area (Å²) in [6.45, 7) is 4.25. The molecule has 0 aliphatic heterocycles. The molecular weight excluding hydrogens is 387 g/mol. The van der Waals surface area contributed by atoms with Gasteiger partial charge in [-0.15, -0.1) is 0 Å². The predicted octanol–water partition coefficient (Wildman–Crippen LogP) is 4.17. The highest BCUT2D eigenvalue weighted by atomic mass is 79.9. The molecule has 0 aliphatic carbocycles. The third-order valence-electron chi connectivity index (χ3n) is 4.09. The summed E-state index contributed by atoms with van der Waals surface area (Å²) in [5.74, 6) is -0.0157. The van der Waals surface area contributed by atoms with Gasteiger partial charge in [0.1, 0.15) is 5.82 Å². The molecule has 1 aromatic heterocycles. The van der Waals surface area contributed by atoms with E-state index in [0.29, 0.717) is 12.8 Å². The molecule has 25 heavy (non-hydrogen) atoms. The van der Waals surface area contributed by atoms with Gasteiger partial charge in [-0.05, 0) is 49.4 Å². The van der Waals surface area contributed by atoms with Crippen molar-refractivity contribution in [2.45, 2.75) is 50.3 Å². The van der Waals surface area contributed by atoms with Crippen LogP contribution in [0.5, 0.6) is 0 Å². The van der Waals surface area contributed by atoms with E-state index in [0.717, 1.165) is 23.5 Å². The molecule has 0 spiro atoms. The number of aliphatic hydroxyl groups excluding tert-OH is 1. The topological polar surface area (TPSA) is 55.1 Å². The number of imidazole rings is 1. The van der Waals surface area contributed by atoms with Gasteiger partial charge in [-0.3, -0.25) is 4.79 Å². The number of alkyl halides is 1. The monoisotopic (exact) mass is 410 g/mol. The third-order valence-corrected chi connectivity index (χ3v) is 5.06. The van der Waals surface area contributed by atoms with Gasteiger partial charge in [0, 0.05) is 18.0 Å². The van der Waals surface area contributed by atoms with Crippen LogP contribution in [0.3, 0.4) is 0 Å². The number of hydrogen-bond donors (Lipinski definition) is 1. The molecule has 2 aromatic rings. The number of ketones is 1. The number of nitrogens with zero attached hydrogens (tertiary/aromatic N) is 2. The molecule has 1 aromatic carbocycles. The van der Waals surface area contributed by atoms with Crippen LogP contribution in [-0.4, -0.2) is 31.9 Å². The van der Waals surface area contributed by atoms with Gasteiger partial charge in [0.15, 0.2) is 5.78 Å². The lowest BCUT2D eigenvalue weighted by molar-refractivity contribution is -0.118. The van der Waals surface area contributed by atoms with E-state index in [9.17, 15) is 9.18 Å². The highest BCUT2D eigenvalue weighted by Gasteiger charge is 2.21. The average Bonchev–Trinajstić information content (AvgIpc) is 2.99. The standard InChI is InChI=1S/C19H24BrFN2O2/c1-13(2)19-17(11-18(25)16(20)5-3-4-10-24)22-12-23(19)15-8-6-14(21)7-9-15/h6-9,12-13,16,24H,3-5,10-11H2,1-2H3. The van der Waals surface area contributed by atoms with Crippen LogP contribution in [0.2, 0.25) is 0 Å². The van der Waals surface area contributed by atoms with Crippen molar-refractivity contribution in [1.29, 1.82) is 0 Å². The number of hydrogen-bond acceptors (Lipinski definition) is 3. The Morgan fingerprint density at radius 2 is 1.96 bits per heavy atom. The second-order valence-electron chi connectivity index (χ2n) is 6.41. The summed E-state index contributed by atoms with van der Waals surface area (Å²) in [6.07, 6.45) is 4.16. The van der Waals surface area contributed by atoms with Crippen molar-refractivity contribution in [1.82, 2.24) is 9.55 Å². The van der Waals surface area contributed by atoms with Gasteiger partial charge in [0.05, 0.1) is 23.3 Å². The van der Waals surface area contributed by atoms with Crippen LogP contribution in [0.4, 0.5) is 4.39 Å². The van der Waals surface area contributed by atoms with Crippen molar-refractivity contribution in [3.63, 3.8) is 0 Å². The maximum Gasteiger partial charge on any atom is 0.152 e. The second-order valence-corrected chi connectivity index (χ2v) is 7.51. The van der Waals surface area contributed by atoms with Crippen LogP contribution < -0.4 is 0 Å². The summed E-state index contributed by atoms with van der Waals surface area (Å²) in [5.41, 5.74) is 2.56. The first-order valence-corrected chi connectivity index (χ1v) is 9.45. The average molecular weight is 411 g/mol. The van der Waals surface area contributed by atoms with Crippen LogP contribution in [-0.2, 0) is 11.2 Å². The molecule has 0 bridgehead atoms. The number of halogens is 2. The number of carbonyl (C=O) groups is 1. The molecule has 0 fully saturated rings. The quantitative estimate of drug-likeness (QED) is 0.498. The van der Waals surface area contributed by atoms with Gasteiger partial charge >= 0.3 is 0 Å². The van der Waals surface area contributed by atoms with Gasteiger partial charge in [0.2, 0.25) is 0 Å². The first kappa shape index (κ1) is 19.8. The molecule has 136 valence electrons. The van der Waals surface area contributed by atoms with Gasteiger partial charge in [0.25, 0.3) is 0 Å². The van der Waals surface area contributed by atoms with Crippen molar-refractivity contribution >= 4 is 21.7 Å². The van der Waals surface area contributed by atoms with E-state index in [4.69, 9.17) is 5.11 Å². The molecule has 0 radical (unpaired) electrons. The Bertz CT molecular complexity index is 698. The van der Waals surface area contributed by atoms with Crippen molar-refractivity contribution in [3.05, 3.63) is 47.8 Å². The third kappa shape index (κ3) is 5.22. The highest BCUT2D eigenvalue weighted by Crippen LogP contribution is 2.25. The van der Waals surface area contributed by atoms with E-state index < -0.39 is 0 Å². The highest BCUT2D eigenvalue weighted by molar-refractivity contribution is 9.10. The molecule has 0 aliphatic rings. The lowest BCUT2D eigenvalue weighted by Gasteiger charge is -2.14. The molecule has 0 saturated carbocycles. The Kier molecular flexibility index (Phi) is 7.32. The van der Waals surface area contributed by atoms with Crippen LogP contribution >= 0.6 is 15.9 Å². The fraction of sp³-hybridized carbons (Fsp3) is 0.474. The van der Waals surface area contributed by atoms with Gasteiger partial charge in [-0.25, -0.2) is 9.37 Å². The molecule has 0 saturated heterocycles. The van der Waals surface area contributed by atoms with Crippen molar-refractivity contribution in [2.24, 2.45) is 0 Å². The summed E-state index contributed by atoms with van der Waals surface area (Å²) in [5, 5.41) is 8.84. The molecule has 6 heteroatoms. The molecule has 2 rings (SSSR count). The summed E-state index contributed by atoms with van der Waals surface area (Å²) in [7, 11) is 0. The molecule has 1 N–H and O–H groups in total. The predicted molar refractivity (Wildman–Crippen MR) is 100.0 cm³/mol. The summed E-state index contributed by atoms with van der Waals surface area (Å²) in [4.78, 5) is 16.7. The minimum Gasteiger partial charge on any atom is -0.396 e. The van der Waals surface area contributed by atoms with Crippen LogP contribution in [0.15, 0.2) is 30.6 Å². The maximum atomic E-state index is 13.2. The van der Waals surface area contributed by atoms with Crippen molar-refractivity contribution < 1.29 is 14.3 Å². The van der Waals surface area contributed by atoms with Gasteiger partial charge in [-0.2, -0.15) is 0 Å². The first-order chi connectivity index (χ1) is 11.9. The van der Waals surface area contributed by atoms with Gasteiger partial charge < -0.3 is 9.67 Å². The van der Waals surface area contributed by atoms with Crippen molar-refractivity contribution in [2.75, 3.05) is 6.61 Å². The first-order valence-electron chi connectivity index (χ1n) is 8.53. The Morgan fingerprint density at radius 3 is 2.56 bits per heavy atom. The van der Waals surface area contributed by atoms with E-state index in [-0.39, 0.29) is 35.4 Å². The lowest BCUT2D eigenvalue weighted by Crippen LogP contribution is -2.18. The number of rotatable bonds is 9. The number of carbonyl (C=O) groups excluding carboxylic acids is 1. The SMILES string of the molecule is CC(C)c1c(CC(=O)C(Br)CCCCO)ncn1-c1ccc(F)cc1. The summed E-state index contributed by atoms with van der Waals surface area (Å²) in [6, 6.07) is 6.24.